The van der Waals surface area contributed by atoms with Crippen molar-refractivity contribution in [3.63, 3.8) is 0 Å². The number of carbonyl (C=O) groups is 2. The molecular weight excluding hydrogens is 451 g/mol. The van der Waals surface area contributed by atoms with Crippen LogP contribution in [0.4, 0.5) is 10.1 Å². The summed E-state index contributed by atoms with van der Waals surface area (Å²) in [6.45, 7) is 2.50. The minimum atomic E-state index is -0.354. The van der Waals surface area contributed by atoms with Crippen LogP contribution >= 0.6 is 11.8 Å². The second-order valence-corrected chi connectivity index (χ2v) is 9.55. The van der Waals surface area contributed by atoms with Crippen molar-refractivity contribution in [2.75, 3.05) is 24.7 Å². The normalized spacial score (nSPS) is 11.7. The molecular formula is C26H31FN4O2S. The number of aromatic nitrogens is 2. The van der Waals surface area contributed by atoms with E-state index in [2.05, 4.69) is 21.6 Å². The van der Waals surface area contributed by atoms with Gasteiger partial charge in [0.25, 0.3) is 0 Å². The Hall–Kier alpha value is -3.13. The van der Waals surface area contributed by atoms with Crippen LogP contribution in [0, 0.1) is 5.82 Å². The van der Waals surface area contributed by atoms with Crippen molar-refractivity contribution >= 4 is 29.3 Å². The Kier molecular flexibility index (Phi) is 9.70. The van der Waals surface area contributed by atoms with Gasteiger partial charge in [0.05, 0.1) is 16.7 Å². The summed E-state index contributed by atoms with van der Waals surface area (Å²) in [6.07, 6.45) is 3.88. The molecule has 0 saturated carbocycles. The van der Waals surface area contributed by atoms with Crippen molar-refractivity contribution in [3.8, 4) is 11.3 Å². The first kappa shape index (κ1) is 25.5. The summed E-state index contributed by atoms with van der Waals surface area (Å²) >= 11 is 1.30. The lowest BCUT2D eigenvalue weighted by Gasteiger charge is -2.21. The second kappa shape index (κ2) is 12.9. The second-order valence-electron chi connectivity index (χ2n) is 8.22. The van der Waals surface area contributed by atoms with Gasteiger partial charge in [0.2, 0.25) is 11.8 Å². The zero-order valence-corrected chi connectivity index (χ0v) is 20.4. The van der Waals surface area contributed by atoms with E-state index in [0.29, 0.717) is 12.2 Å². The van der Waals surface area contributed by atoms with Crippen molar-refractivity contribution in [1.82, 2.24) is 15.1 Å². The maximum atomic E-state index is 12.9. The largest absolute Gasteiger partial charge is 0.345 e. The topological polar surface area (TPSA) is 78.1 Å². The Morgan fingerprint density at radius 1 is 1.09 bits per heavy atom. The fraction of sp³-hybridized carbons (Fsp3) is 0.346. The van der Waals surface area contributed by atoms with Crippen LogP contribution in [0.1, 0.15) is 31.9 Å². The summed E-state index contributed by atoms with van der Waals surface area (Å²) in [5, 5.41) is 9.89. The number of hydrogen-bond donors (Lipinski definition) is 2. The molecule has 0 aliphatic rings. The van der Waals surface area contributed by atoms with Gasteiger partial charge < -0.3 is 10.2 Å². The molecule has 0 bridgehead atoms. The maximum Gasteiger partial charge on any atom is 0.235 e. The number of halogens is 1. The van der Waals surface area contributed by atoms with Crippen LogP contribution in [0.5, 0.6) is 0 Å². The number of aromatic amines is 1. The summed E-state index contributed by atoms with van der Waals surface area (Å²) in [5.74, 6) is -0.394. The Morgan fingerprint density at radius 2 is 1.82 bits per heavy atom. The lowest BCUT2D eigenvalue weighted by Crippen LogP contribution is -2.34. The molecule has 0 spiro atoms. The zero-order chi connectivity index (χ0) is 24.3. The van der Waals surface area contributed by atoms with Gasteiger partial charge in [-0.3, -0.25) is 14.7 Å². The number of aryl methyl sites for hydroxylation is 1. The molecule has 1 heterocycles. The first-order chi connectivity index (χ1) is 16.4. The molecule has 1 aromatic heterocycles. The highest BCUT2D eigenvalue weighted by Crippen LogP contribution is 2.18. The lowest BCUT2D eigenvalue weighted by atomic mass is 10.1. The van der Waals surface area contributed by atoms with Gasteiger partial charge in [-0.15, -0.1) is 11.8 Å². The van der Waals surface area contributed by atoms with Gasteiger partial charge in [0.1, 0.15) is 5.82 Å². The summed E-state index contributed by atoms with van der Waals surface area (Å²) < 4.78 is 12.9. The van der Waals surface area contributed by atoms with E-state index in [4.69, 9.17) is 0 Å². The van der Waals surface area contributed by atoms with Gasteiger partial charge in [0, 0.05) is 30.5 Å². The number of carbonyl (C=O) groups excluding carboxylic acids is 2. The number of unbranched alkanes of at least 4 members (excludes halogenated alkanes) is 2. The predicted molar refractivity (Wildman–Crippen MR) is 136 cm³/mol. The number of H-pyrrole nitrogens is 1. The maximum absolute atomic E-state index is 12.9. The monoisotopic (exact) mass is 482 g/mol. The Bertz CT molecular complexity index is 1060. The first-order valence-electron chi connectivity index (χ1n) is 11.4. The third kappa shape index (κ3) is 8.02. The number of thioether (sulfide) groups is 1. The van der Waals surface area contributed by atoms with E-state index in [9.17, 15) is 14.0 Å². The van der Waals surface area contributed by atoms with Crippen molar-refractivity contribution < 1.29 is 14.0 Å². The fourth-order valence-corrected chi connectivity index (χ4v) is 4.31. The van der Waals surface area contributed by atoms with Crippen LogP contribution in [0.2, 0.25) is 0 Å². The van der Waals surface area contributed by atoms with Gasteiger partial charge in [-0.05, 0) is 56.5 Å². The first-order valence-corrected chi connectivity index (χ1v) is 12.5. The Morgan fingerprint density at radius 3 is 2.56 bits per heavy atom. The van der Waals surface area contributed by atoms with Crippen molar-refractivity contribution in [1.29, 1.82) is 0 Å². The molecule has 2 aromatic carbocycles. The zero-order valence-electron chi connectivity index (χ0n) is 19.6. The summed E-state index contributed by atoms with van der Waals surface area (Å²) in [4.78, 5) is 26.4. The molecule has 0 aliphatic carbocycles. The third-order valence-electron chi connectivity index (χ3n) is 5.46. The highest BCUT2D eigenvalue weighted by atomic mass is 32.2. The van der Waals surface area contributed by atoms with Gasteiger partial charge in [-0.25, -0.2) is 4.39 Å². The predicted octanol–water partition coefficient (Wildman–Crippen LogP) is 5.15. The molecule has 8 heteroatoms. The molecule has 6 nitrogen and oxygen atoms in total. The molecule has 0 saturated heterocycles. The lowest BCUT2D eigenvalue weighted by molar-refractivity contribution is -0.129. The highest BCUT2D eigenvalue weighted by Gasteiger charge is 2.19. The Labute approximate surface area is 204 Å². The van der Waals surface area contributed by atoms with E-state index in [1.54, 1.807) is 11.9 Å². The quantitative estimate of drug-likeness (QED) is 0.350. The van der Waals surface area contributed by atoms with Gasteiger partial charge in [-0.2, -0.15) is 5.10 Å². The molecule has 3 aromatic rings. The molecule has 3 rings (SSSR count). The van der Waals surface area contributed by atoms with Gasteiger partial charge in [-0.1, -0.05) is 36.8 Å². The van der Waals surface area contributed by atoms with Gasteiger partial charge >= 0.3 is 0 Å². The van der Waals surface area contributed by atoms with Crippen LogP contribution in [-0.4, -0.2) is 51.5 Å². The molecule has 0 radical (unpaired) electrons. The SMILES string of the molecule is CC(SCC(=O)Nc1ccc(F)cc1)C(=O)N(C)CCCCCc1cc(-c2ccccc2)n[nH]1. The van der Waals surface area contributed by atoms with Crippen LogP contribution in [0.25, 0.3) is 11.3 Å². The highest BCUT2D eigenvalue weighted by molar-refractivity contribution is 8.01. The summed E-state index contributed by atoms with van der Waals surface area (Å²) in [6, 6.07) is 17.8. The molecule has 1 atom stereocenters. The fourth-order valence-electron chi connectivity index (χ4n) is 3.51. The van der Waals surface area contributed by atoms with Crippen LogP contribution in [0.15, 0.2) is 60.7 Å². The minimum absolute atomic E-state index is 0.0145. The smallest absolute Gasteiger partial charge is 0.235 e. The van der Waals surface area contributed by atoms with E-state index in [1.807, 2.05) is 37.3 Å². The van der Waals surface area contributed by atoms with Crippen LogP contribution < -0.4 is 5.32 Å². The van der Waals surface area contributed by atoms with Crippen molar-refractivity contribution in [2.24, 2.45) is 0 Å². The number of amides is 2. The van der Waals surface area contributed by atoms with Crippen LogP contribution in [0.3, 0.4) is 0 Å². The number of hydrogen-bond acceptors (Lipinski definition) is 4. The molecule has 34 heavy (non-hydrogen) atoms. The van der Waals surface area contributed by atoms with Gasteiger partial charge in [0.15, 0.2) is 0 Å². The van der Waals surface area contributed by atoms with E-state index in [0.717, 1.165) is 42.6 Å². The minimum Gasteiger partial charge on any atom is -0.345 e. The summed E-state index contributed by atoms with van der Waals surface area (Å²) in [7, 11) is 1.80. The van der Waals surface area contributed by atoms with E-state index >= 15 is 0 Å². The number of benzene rings is 2. The average molecular weight is 483 g/mol. The number of nitrogens with zero attached hydrogens (tertiary/aromatic N) is 2. The number of rotatable bonds is 12. The number of anilines is 1. The third-order valence-corrected chi connectivity index (χ3v) is 6.59. The van der Waals surface area contributed by atoms with E-state index < -0.39 is 0 Å². The molecule has 180 valence electrons. The molecule has 2 N–H and O–H groups in total. The molecule has 0 fully saturated rings. The summed E-state index contributed by atoms with van der Waals surface area (Å²) in [5.41, 5.74) is 3.71. The standard InChI is InChI=1S/C26H31FN4O2S/c1-19(34-18-25(32)28-22-14-12-21(27)13-15-22)26(33)31(2)16-8-4-7-11-23-17-24(30-29-23)20-9-5-3-6-10-20/h3,5-6,9-10,12-15,17,19H,4,7-8,11,16,18H2,1-2H3,(H,28,32)(H,29,30). The molecule has 1 unspecified atom stereocenters. The van der Waals surface area contributed by atoms with Crippen molar-refractivity contribution in [3.05, 3.63) is 72.2 Å². The number of nitrogens with one attached hydrogen (secondary N) is 2. The molecule has 0 aliphatic heterocycles. The van der Waals surface area contributed by atoms with Crippen molar-refractivity contribution in [2.45, 2.75) is 37.9 Å². The Balaban J connectivity index is 1.30. The van der Waals surface area contributed by atoms with E-state index in [1.165, 1.54) is 36.0 Å². The molecule has 2 amide bonds. The van der Waals surface area contributed by atoms with E-state index in [-0.39, 0.29) is 28.6 Å². The average Bonchev–Trinajstić information content (AvgIpc) is 3.32. The van der Waals surface area contributed by atoms with Crippen LogP contribution in [-0.2, 0) is 16.0 Å².